The van der Waals surface area contributed by atoms with Crippen LogP contribution in [0.1, 0.15) is 16.8 Å². The third-order valence-electron chi connectivity index (χ3n) is 4.70. The van der Waals surface area contributed by atoms with Gasteiger partial charge in [0.15, 0.2) is 0 Å². The van der Waals surface area contributed by atoms with Crippen LogP contribution < -0.4 is 5.32 Å². The van der Waals surface area contributed by atoms with Crippen molar-refractivity contribution in [1.29, 1.82) is 0 Å². The lowest BCUT2D eigenvalue weighted by Crippen LogP contribution is -2.44. The number of carbonyl (C=O) groups excluding carboxylic acids is 2. The topological polar surface area (TPSA) is 86.8 Å². The van der Waals surface area contributed by atoms with Crippen molar-refractivity contribution in [2.75, 3.05) is 39.0 Å². The summed E-state index contributed by atoms with van der Waals surface area (Å²) in [6.45, 7) is 1.43. The number of nitrogens with zero attached hydrogens (tertiary/aromatic N) is 2. The van der Waals surface area contributed by atoms with Gasteiger partial charge in [0.1, 0.15) is 0 Å². The number of amides is 2. The average molecular weight is 386 g/mol. The monoisotopic (exact) mass is 385 g/mol. The Morgan fingerprint density at radius 2 is 1.88 bits per heavy atom. The summed E-state index contributed by atoms with van der Waals surface area (Å²) in [6.07, 6.45) is 1.37. The maximum atomic E-state index is 12.9. The lowest BCUT2D eigenvalue weighted by atomic mass is 9.86. The van der Waals surface area contributed by atoms with E-state index in [4.69, 9.17) is 11.6 Å². The van der Waals surface area contributed by atoms with E-state index in [-0.39, 0.29) is 37.9 Å². The van der Waals surface area contributed by atoms with Gasteiger partial charge in [-0.05, 0) is 24.3 Å². The van der Waals surface area contributed by atoms with Gasteiger partial charge in [0.05, 0.1) is 6.26 Å². The third kappa shape index (κ3) is 3.96. The van der Waals surface area contributed by atoms with E-state index in [1.807, 2.05) is 0 Å². The molecule has 1 N–H and O–H groups in total. The molecule has 0 saturated carbocycles. The van der Waals surface area contributed by atoms with Crippen LogP contribution in [-0.4, -0.2) is 68.4 Å². The van der Waals surface area contributed by atoms with Gasteiger partial charge in [0, 0.05) is 55.1 Å². The second-order valence-corrected chi connectivity index (χ2v) is 9.20. The quantitative estimate of drug-likeness (QED) is 0.806. The fourth-order valence-electron chi connectivity index (χ4n) is 3.43. The van der Waals surface area contributed by atoms with Crippen molar-refractivity contribution in [3.63, 3.8) is 0 Å². The Labute approximate surface area is 152 Å². The average Bonchev–Trinajstić information content (AvgIpc) is 2.78. The molecule has 0 bridgehead atoms. The van der Waals surface area contributed by atoms with E-state index in [2.05, 4.69) is 5.32 Å². The highest BCUT2D eigenvalue weighted by atomic mass is 35.5. The summed E-state index contributed by atoms with van der Waals surface area (Å²) in [7, 11) is -3.41. The van der Waals surface area contributed by atoms with Crippen LogP contribution >= 0.6 is 11.6 Å². The Morgan fingerprint density at radius 1 is 1.20 bits per heavy atom. The second kappa shape index (κ2) is 6.59. The zero-order chi connectivity index (χ0) is 18.2. The second-order valence-electron chi connectivity index (χ2n) is 6.78. The van der Waals surface area contributed by atoms with Crippen molar-refractivity contribution < 1.29 is 18.0 Å². The predicted octanol–water partition coefficient (Wildman–Crippen LogP) is 0.564. The zero-order valence-electron chi connectivity index (χ0n) is 13.9. The summed E-state index contributed by atoms with van der Waals surface area (Å²) < 4.78 is 25.5. The van der Waals surface area contributed by atoms with Gasteiger partial charge < -0.3 is 10.2 Å². The number of nitrogens with one attached hydrogen (secondary N) is 1. The number of rotatable bonds is 2. The number of sulfonamides is 1. The summed E-state index contributed by atoms with van der Waals surface area (Å²) in [6, 6.07) is 6.58. The van der Waals surface area contributed by atoms with E-state index >= 15 is 0 Å². The van der Waals surface area contributed by atoms with Gasteiger partial charge in [-0.25, -0.2) is 8.42 Å². The first-order valence-electron chi connectivity index (χ1n) is 7.95. The highest BCUT2D eigenvalue weighted by Crippen LogP contribution is 2.32. The molecule has 1 atom stereocenters. The molecule has 1 aromatic carbocycles. The molecule has 0 aliphatic carbocycles. The zero-order valence-corrected chi connectivity index (χ0v) is 15.4. The number of benzene rings is 1. The van der Waals surface area contributed by atoms with Crippen LogP contribution in [0.4, 0.5) is 0 Å². The Kier molecular flexibility index (Phi) is 4.78. The molecule has 7 nitrogen and oxygen atoms in total. The number of hydrogen-bond donors (Lipinski definition) is 1. The van der Waals surface area contributed by atoms with Gasteiger partial charge in [-0.2, -0.15) is 4.31 Å². The minimum absolute atomic E-state index is 0.116. The fraction of sp³-hybridized carbons (Fsp3) is 0.500. The number of hydrogen-bond acceptors (Lipinski definition) is 4. The molecule has 1 spiro atoms. The Hall–Kier alpha value is -1.64. The van der Waals surface area contributed by atoms with Crippen molar-refractivity contribution in [3.8, 4) is 0 Å². The first-order chi connectivity index (χ1) is 11.7. The highest BCUT2D eigenvalue weighted by molar-refractivity contribution is 7.88. The maximum absolute atomic E-state index is 12.9. The predicted molar refractivity (Wildman–Crippen MR) is 93.8 cm³/mol. The smallest absolute Gasteiger partial charge is 0.253 e. The molecule has 3 rings (SSSR count). The molecule has 136 valence electrons. The van der Waals surface area contributed by atoms with E-state index in [1.54, 1.807) is 29.2 Å². The Balaban J connectivity index is 1.89. The molecular weight excluding hydrogens is 366 g/mol. The fourth-order valence-corrected chi connectivity index (χ4v) is 4.47. The molecule has 2 heterocycles. The van der Waals surface area contributed by atoms with Crippen molar-refractivity contribution >= 4 is 33.4 Å². The van der Waals surface area contributed by atoms with Crippen molar-refractivity contribution in [2.45, 2.75) is 6.42 Å². The van der Waals surface area contributed by atoms with E-state index in [0.29, 0.717) is 23.7 Å². The van der Waals surface area contributed by atoms with E-state index in [9.17, 15) is 18.0 Å². The number of halogens is 1. The Morgan fingerprint density at radius 3 is 2.44 bits per heavy atom. The van der Waals surface area contributed by atoms with Gasteiger partial charge in [0.2, 0.25) is 15.9 Å². The number of carbonyl (C=O) groups is 2. The maximum Gasteiger partial charge on any atom is 0.253 e. The van der Waals surface area contributed by atoms with Gasteiger partial charge in [-0.3, -0.25) is 9.59 Å². The van der Waals surface area contributed by atoms with E-state index in [0.717, 1.165) is 6.26 Å². The molecule has 2 aliphatic rings. The molecule has 25 heavy (non-hydrogen) atoms. The molecule has 9 heteroatoms. The van der Waals surface area contributed by atoms with Gasteiger partial charge in [-0.15, -0.1) is 0 Å². The van der Waals surface area contributed by atoms with Crippen LogP contribution in [0, 0.1) is 5.41 Å². The van der Waals surface area contributed by atoms with Gasteiger partial charge in [-0.1, -0.05) is 11.6 Å². The van der Waals surface area contributed by atoms with Gasteiger partial charge in [0.25, 0.3) is 5.91 Å². The molecule has 2 saturated heterocycles. The van der Waals surface area contributed by atoms with Crippen LogP contribution in [0.2, 0.25) is 5.02 Å². The summed E-state index contributed by atoms with van der Waals surface area (Å²) in [5.74, 6) is -0.306. The molecule has 0 aromatic heterocycles. The first kappa shape index (κ1) is 18.2. The highest BCUT2D eigenvalue weighted by Gasteiger charge is 2.45. The normalized spacial score (nSPS) is 25.0. The SMILES string of the molecule is CS(=O)(=O)N1CCN(C(=O)c2ccc(Cl)cc2)C[C@@]2(CNC(=O)C2)C1. The van der Waals surface area contributed by atoms with Gasteiger partial charge >= 0.3 is 0 Å². The van der Waals surface area contributed by atoms with Crippen LogP contribution in [-0.2, 0) is 14.8 Å². The summed E-state index contributed by atoms with van der Waals surface area (Å²) in [4.78, 5) is 26.3. The summed E-state index contributed by atoms with van der Waals surface area (Å²) in [5, 5.41) is 3.31. The molecule has 2 amide bonds. The Bertz CT molecular complexity index is 796. The molecule has 0 radical (unpaired) electrons. The minimum atomic E-state index is -3.41. The first-order valence-corrected chi connectivity index (χ1v) is 10.2. The minimum Gasteiger partial charge on any atom is -0.355 e. The molecule has 2 fully saturated rings. The molecule has 2 aliphatic heterocycles. The van der Waals surface area contributed by atoms with E-state index < -0.39 is 15.4 Å². The van der Waals surface area contributed by atoms with E-state index in [1.165, 1.54) is 4.31 Å². The van der Waals surface area contributed by atoms with Crippen LogP contribution in [0.5, 0.6) is 0 Å². The molecule has 1 aromatic rings. The van der Waals surface area contributed by atoms with Crippen LogP contribution in [0.15, 0.2) is 24.3 Å². The lowest BCUT2D eigenvalue weighted by Gasteiger charge is -2.32. The van der Waals surface area contributed by atoms with Crippen LogP contribution in [0.25, 0.3) is 0 Å². The van der Waals surface area contributed by atoms with Crippen molar-refractivity contribution in [3.05, 3.63) is 34.9 Å². The van der Waals surface area contributed by atoms with Crippen molar-refractivity contribution in [1.82, 2.24) is 14.5 Å². The molecular formula is C16H20ClN3O4S. The largest absolute Gasteiger partial charge is 0.355 e. The molecule has 0 unspecified atom stereocenters. The van der Waals surface area contributed by atoms with Crippen molar-refractivity contribution in [2.24, 2.45) is 5.41 Å². The summed E-state index contributed by atoms with van der Waals surface area (Å²) >= 11 is 5.87. The summed E-state index contributed by atoms with van der Waals surface area (Å²) in [5.41, 5.74) is -0.108. The lowest BCUT2D eigenvalue weighted by molar-refractivity contribution is -0.119. The third-order valence-corrected chi connectivity index (χ3v) is 6.20. The standard InChI is InChI=1S/C16H20ClN3O4S/c1-25(23,24)20-7-6-19(10-16(11-20)8-14(21)18-9-16)15(22)12-2-4-13(17)5-3-12/h2-5H,6-11H2,1H3,(H,18,21)/t16-/m1/s1. The van der Waals surface area contributed by atoms with Crippen LogP contribution in [0.3, 0.4) is 0 Å².